The molecule has 0 fully saturated rings. The van der Waals surface area contributed by atoms with Crippen molar-refractivity contribution in [3.05, 3.63) is 71.8 Å². The van der Waals surface area contributed by atoms with E-state index >= 15 is 0 Å². The number of amides is 1. The second kappa shape index (κ2) is 11.7. The van der Waals surface area contributed by atoms with E-state index in [4.69, 9.17) is 4.74 Å². The number of unbranched alkanes of at least 4 members (excludes halogenated alkanes) is 1. The lowest BCUT2D eigenvalue weighted by Gasteiger charge is -2.31. The van der Waals surface area contributed by atoms with Crippen LogP contribution >= 0.6 is 0 Å². The first kappa shape index (κ1) is 26.0. The molecule has 0 aliphatic carbocycles. The molecule has 1 amide bonds. The lowest BCUT2D eigenvalue weighted by Crippen LogP contribution is -2.42. The summed E-state index contributed by atoms with van der Waals surface area (Å²) in [4.78, 5) is 27.3. The van der Waals surface area contributed by atoms with E-state index in [9.17, 15) is 14.9 Å². The highest BCUT2D eigenvalue weighted by Crippen LogP contribution is 2.28. The Morgan fingerprint density at radius 3 is 2.43 bits per heavy atom. The van der Waals surface area contributed by atoms with Crippen LogP contribution in [-0.4, -0.2) is 29.9 Å². The lowest BCUT2D eigenvalue weighted by atomic mass is 9.92. The van der Waals surface area contributed by atoms with Crippen molar-refractivity contribution in [2.75, 3.05) is 13.2 Å². The van der Waals surface area contributed by atoms with Crippen LogP contribution in [0, 0.1) is 16.7 Å². The van der Waals surface area contributed by atoms with E-state index in [1.807, 2.05) is 62.4 Å². The topological polar surface area (TPSA) is 70.4 Å². The first-order valence-corrected chi connectivity index (χ1v) is 12.3. The van der Waals surface area contributed by atoms with Gasteiger partial charge in [0.1, 0.15) is 0 Å². The van der Waals surface area contributed by atoms with Gasteiger partial charge in [-0.25, -0.2) is 0 Å². The third kappa shape index (κ3) is 6.48. The van der Waals surface area contributed by atoms with Gasteiger partial charge in [-0.1, -0.05) is 55.8 Å². The number of rotatable bonds is 10. The highest BCUT2D eigenvalue weighted by Gasteiger charge is 2.33. The van der Waals surface area contributed by atoms with Gasteiger partial charge in [0.2, 0.25) is 5.91 Å². The number of esters is 1. The smallest absolute Gasteiger partial charge is 0.313 e. The zero-order valence-corrected chi connectivity index (χ0v) is 21.1. The predicted octanol–water partition coefficient (Wildman–Crippen LogP) is 6.49. The van der Waals surface area contributed by atoms with Crippen LogP contribution in [0.2, 0.25) is 0 Å². The molecule has 0 saturated carbocycles. The largest absolute Gasteiger partial charge is 0.466 e. The van der Waals surface area contributed by atoms with Crippen LogP contribution < -0.4 is 0 Å². The van der Waals surface area contributed by atoms with Crippen LogP contribution in [0.5, 0.6) is 0 Å². The van der Waals surface area contributed by atoms with Gasteiger partial charge in [-0.15, -0.1) is 0 Å². The lowest BCUT2D eigenvalue weighted by molar-refractivity contribution is -0.155. The van der Waals surface area contributed by atoms with E-state index in [1.54, 1.807) is 11.8 Å². The predicted molar refractivity (Wildman–Crippen MR) is 139 cm³/mol. The van der Waals surface area contributed by atoms with Gasteiger partial charge in [0.05, 0.1) is 23.7 Å². The van der Waals surface area contributed by atoms with Gasteiger partial charge in [0.25, 0.3) is 0 Å². The van der Waals surface area contributed by atoms with Crippen LogP contribution in [0.3, 0.4) is 0 Å². The average Bonchev–Trinajstić information content (AvgIpc) is 2.86. The van der Waals surface area contributed by atoms with Gasteiger partial charge in [-0.2, -0.15) is 5.26 Å². The van der Waals surface area contributed by atoms with Gasteiger partial charge in [-0.3, -0.25) is 9.59 Å². The van der Waals surface area contributed by atoms with E-state index in [0.29, 0.717) is 31.7 Å². The maximum absolute atomic E-state index is 13.0. The van der Waals surface area contributed by atoms with Crippen LogP contribution in [0.15, 0.2) is 60.7 Å². The van der Waals surface area contributed by atoms with Crippen LogP contribution in [-0.2, 0) is 20.9 Å². The summed E-state index contributed by atoms with van der Waals surface area (Å²) in [6.45, 7) is 8.55. The second-order valence-electron chi connectivity index (χ2n) is 9.51. The van der Waals surface area contributed by atoms with Gasteiger partial charge in [0, 0.05) is 19.5 Å². The molecule has 0 atom stereocenters. The minimum absolute atomic E-state index is 0.0489. The van der Waals surface area contributed by atoms with Crippen LogP contribution in [0.25, 0.3) is 21.9 Å². The highest BCUT2D eigenvalue weighted by molar-refractivity contribution is 5.89. The summed E-state index contributed by atoms with van der Waals surface area (Å²) in [5, 5.41) is 11.6. The Bertz CT molecular complexity index is 1240. The van der Waals surface area contributed by atoms with E-state index < -0.39 is 5.41 Å². The maximum atomic E-state index is 13.0. The fourth-order valence-corrected chi connectivity index (χ4v) is 4.20. The molecule has 3 aromatic carbocycles. The van der Waals surface area contributed by atoms with Crippen molar-refractivity contribution in [1.29, 1.82) is 5.26 Å². The van der Waals surface area contributed by atoms with E-state index in [2.05, 4.69) is 25.1 Å². The molecular weight excluding hydrogens is 436 g/mol. The number of carbonyl (C=O) groups excluding carboxylic acids is 2. The Balaban J connectivity index is 1.87. The molecule has 0 aliphatic heterocycles. The van der Waals surface area contributed by atoms with E-state index in [-0.39, 0.29) is 11.9 Å². The quantitative estimate of drug-likeness (QED) is 0.318. The number of benzene rings is 3. The molecule has 3 rings (SSSR count). The van der Waals surface area contributed by atoms with Crippen LogP contribution in [0.1, 0.15) is 58.1 Å². The molecule has 5 heteroatoms. The van der Waals surface area contributed by atoms with Crippen LogP contribution in [0.4, 0.5) is 0 Å². The summed E-state index contributed by atoms with van der Waals surface area (Å²) in [5.74, 6) is -0.246. The summed E-state index contributed by atoms with van der Waals surface area (Å²) in [5.41, 5.74) is 2.77. The molecule has 0 unspecified atom stereocenters. The van der Waals surface area contributed by atoms with Gasteiger partial charge in [-0.05, 0) is 72.9 Å². The molecule has 35 heavy (non-hydrogen) atoms. The Kier molecular flexibility index (Phi) is 8.65. The van der Waals surface area contributed by atoms with Crippen molar-refractivity contribution in [3.63, 3.8) is 0 Å². The number of hydrogen-bond donors (Lipinski definition) is 0. The Morgan fingerprint density at radius 2 is 1.71 bits per heavy atom. The molecule has 0 aromatic heterocycles. The molecule has 5 nitrogen and oxygen atoms in total. The van der Waals surface area contributed by atoms with Crippen molar-refractivity contribution >= 4 is 22.6 Å². The first-order valence-electron chi connectivity index (χ1n) is 12.3. The maximum Gasteiger partial charge on any atom is 0.313 e. The molecule has 182 valence electrons. The number of nitriles is 1. The molecular formula is C30H34N2O3. The summed E-state index contributed by atoms with van der Waals surface area (Å²) >= 11 is 0. The fraction of sp³-hybridized carbons (Fsp3) is 0.367. The minimum Gasteiger partial charge on any atom is -0.466 e. The Morgan fingerprint density at radius 1 is 1.00 bits per heavy atom. The first-order chi connectivity index (χ1) is 16.8. The van der Waals surface area contributed by atoms with Gasteiger partial charge < -0.3 is 9.64 Å². The number of nitrogens with zero attached hydrogens (tertiary/aromatic N) is 2. The summed E-state index contributed by atoms with van der Waals surface area (Å²) in [6, 6.07) is 22.2. The molecule has 0 N–H and O–H groups in total. The second-order valence-corrected chi connectivity index (χ2v) is 9.51. The highest BCUT2D eigenvalue weighted by atomic mass is 16.5. The van der Waals surface area contributed by atoms with E-state index in [1.165, 1.54) is 0 Å². The van der Waals surface area contributed by atoms with Crippen molar-refractivity contribution in [1.82, 2.24) is 4.90 Å². The normalized spacial score (nSPS) is 11.2. The van der Waals surface area contributed by atoms with Crippen molar-refractivity contribution in [2.45, 2.75) is 53.5 Å². The fourth-order valence-electron chi connectivity index (χ4n) is 4.20. The molecule has 0 aliphatic rings. The van der Waals surface area contributed by atoms with E-state index in [0.717, 1.165) is 40.3 Å². The third-order valence-corrected chi connectivity index (χ3v) is 6.15. The standard InChI is InChI=1S/C30H34N2O3/c1-5-7-12-28(33)32(21-30(3,4)29(34)35-6-2)20-22-13-14-24-18-25(16-15-23(24)17-22)27-11-9-8-10-26(27)19-31/h8-11,13-18H,5-7,12,20-21H2,1-4H3. The zero-order chi connectivity index (χ0) is 25.4. The molecule has 3 aromatic rings. The SMILES string of the molecule is CCCCC(=O)N(Cc1ccc2cc(-c3ccccc3C#N)ccc2c1)CC(C)(C)C(=O)OCC. The van der Waals surface area contributed by atoms with Crippen molar-refractivity contribution < 1.29 is 14.3 Å². The Hall–Kier alpha value is -3.65. The van der Waals surface area contributed by atoms with Crippen molar-refractivity contribution in [2.24, 2.45) is 5.41 Å². The summed E-state index contributed by atoms with van der Waals surface area (Å²) in [6.07, 6.45) is 2.22. The monoisotopic (exact) mass is 470 g/mol. The molecule has 0 bridgehead atoms. The van der Waals surface area contributed by atoms with Gasteiger partial charge in [0.15, 0.2) is 0 Å². The third-order valence-electron chi connectivity index (χ3n) is 6.15. The number of fused-ring (bicyclic) bond motifs is 1. The zero-order valence-electron chi connectivity index (χ0n) is 21.1. The summed E-state index contributed by atoms with van der Waals surface area (Å²) < 4.78 is 5.24. The molecule has 0 radical (unpaired) electrons. The number of hydrogen-bond acceptors (Lipinski definition) is 4. The minimum atomic E-state index is -0.794. The van der Waals surface area contributed by atoms with Crippen molar-refractivity contribution in [3.8, 4) is 17.2 Å². The molecule has 0 heterocycles. The van der Waals surface area contributed by atoms with Gasteiger partial charge >= 0.3 is 5.97 Å². The average molecular weight is 471 g/mol. The number of ether oxygens (including phenoxy) is 1. The Labute approximate surface area is 208 Å². The number of carbonyl (C=O) groups is 2. The molecule has 0 spiro atoms. The molecule has 0 saturated heterocycles. The summed E-state index contributed by atoms with van der Waals surface area (Å²) in [7, 11) is 0.